The molecule has 21 heavy (non-hydrogen) atoms. The summed E-state index contributed by atoms with van der Waals surface area (Å²) in [5.41, 5.74) is -1.12. The summed E-state index contributed by atoms with van der Waals surface area (Å²) in [5, 5.41) is 16.6. The molecule has 1 aromatic heterocycles. The number of nitro benzene ring substituents is 1. The zero-order valence-corrected chi connectivity index (χ0v) is 11.6. The highest BCUT2D eigenvalue weighted by molar-refractivity contribution is 7.07. The smallest absolute Gasteiger partial charge is 0.305 e. The Morgan fingerprint density at radius 3 is 2.67 bits per heavy atom. The minimum absolute atomic E-state index is 0.471. The van der Waals surface area contributed by atoms with Crippen LogP contribution in [0.15, 0.2) is 29.0 Å². The molecule has 2 aromatic rings. The van der Waals surface area contributed by atoms with Crippen LogP contribution in [0.3, 0.4) is 0 Å². The van der Waals surface area contributed by atoms with E-state index in [1.807, 2.05) is 0 Å². The minimum atomic E-state index is -1.48. The predicted molar refractivity (Wildman–Crippen MR) is 73.2 cm³/mol. The lowest BCUT2D eigenvalue weighted by Crippen LogP contribution is -2.28. The first-order valence-electron chi connectivity index (χ1n) is 5.87. The van der Waals surface area contributed by atoms with E-state index >= 15 is 0 Å². The Labute approximate surface area is 122 Å². The van der Waals surface area contributed by atoms with Crippen LogP contribution in [0, 0.1) is 21.7 Å². The van der Waals surface area contributed by atoms with Gasteiger partial charge in [-0.05, 0) is 35.4 Å². The molecule has 0 aliphatic carbocycles. The molecule has 0 bridgehead atoms. The van der Waals surface area contributed by atoms with Crippen LogP contribution in [-0.4, -0.2) is 10.8 Å². The first kappa shape index (κ1) is 15.0. The topological polar surface area (TPSA) is 72.2 Å². The van der Waals surface area contributed by atoms with Crippen molar-refractivity contribution in [3.05, 3.63) is 61.8 Å². The summed E-state index contributed by atoms with van der Waals surface area (Å²) in [6, 6.07) is 2.67. The van der Waals surface area contributed by atoms with Gasteiger partial charge in [-0.15, -0.1) is 0 Å². The molecule has 1 unspecified atom stereocenters. The van der Waals surface area contributed by atoms with Gasteiger partial charge in [0.1, 0.15) is 11.4 Å². The van der Waals surface area contributed by atoms with Gasteiger partial charge in [-0.2, -0.15) is 15.7 Å². The van der Waals surface area contributed by atoms with Crippen LogP contribution in [0.1, 0.15) is 28.9 Å². The summed E-state index contributed by atoms with van der Waals surface area (Å²) in [4.78, 5) is 21.6. The van der Waals surface area contributed by atoms with Crippen LogP contribution >= 0.6 is 11.3 Å². The van der Waals surface area contributed by atoms with Gasteiger partial charge in [0.05, 0.1) is 11.0 Å². The summed E-state index contributed by atoms with van der Waals surface area (Å²) in [5.74, 6) is -3.66. The monoisotopic (exact) mass is 312 g/mol. The summed E-state index contributed by atoms with van der Waals surface area (Å²) in [7, 11) is 0. The average Bonchev–Trinajstić information content (AvgIpc) is 2.91. The number of nitro groups is 1. The molecular weight excluding hydrogens is 302 g/mol. The van der Waals surface area contributed by atoms with E-state index < -0.39 is 39.8 Å². The molecule has 1 N–H and O–H groups in total. The highest BCUT2D eigenvalue weighted by Gasteiger charge is 2.27. The largest absolute Gasteiger partial charge is 0.345 e. The highest BCUT2D eigenvalue weighted by Crippen LogP contribution is 2.24. The first-order chi connectivity index (χ1) is 9.91. The molecule has 1 atom stereocenters. The van der Waals surface area contributed by atoms with Crippen molar-refractivity contribution < 1.29 is 18.5 Å². The summed E-state index contributed by atoms with van der Waals surface area (Å²) in [6.45, 7) is 1.65. The van der Waals surface area contributed by atoms with Gasteiger partial charge in [0.2, 0.25) is 5.82 Å². The SMILES string of the molecule is CC(NC(=O)c1c(F)ccc([N+](=O)[O-])c1F)c1ccsc1. The van der Waals surface area contributed by atoms with Crippen molar-refractivity contribution in [1.82, 2.24) is 5.32 Å². The van der Waals surface area contributed by atoms with Crippen molar-refractivity contribution in [2.24, 2.45) is 0 Å². The van der Waals surface area contributed by atoms with Gasteiger partial charge < -0.3 is 5.32 Å². The molecule has 0 fully saturated rings. The maximum atomic E-state index is 13.9. The Morgan fingerprint density at radius 2 is 2.10 bits per heavy atom. The molecule has 0 spiro atoms. The maximum Gasteiger partial charge on any atom is 0.305 e. The lowest BCUT2D eigenvalue weighted by Gasteiger charge is -2.13. The van der Waals surface area contributed by atoms with E-state index in [2.05, 4.69) is 5.32 Å². The second-order valence-electron chi connectivity index (χ2n) is 4.26. The third-order valence-electron chi connectivity index (χ3n) is 2.89. The van der Waals surface area contributed by atoms with Crippen molar-refractivity contribution in [3.63, 3.8) is 0 Å². The minimum Gasteiger partial charge on any atom is -0.345 e. The Bertz CT molecular complexity index is 689. The maximum absolute atomic E-state index is 13.9. The molecule has 5 nitrogen and oxygen atoms in total. The van der Waals surface area contributed by atoms with Gasteiger partial charge >= 0.3 is 5.69 Å². The van der Waals surface area contributed by atoms with Crippen molar-refractivity contribution in [3.8, 4) is 0 Å². The summed E-state index contributed by atoms with van der Waals surface area (Å²) < 4.78 is 27.5. The number of amides is 1. The van der Waals surface area contributed by atoms with Crippen molar-refractivity contribution in [1.29, 1.82) is 0 Å². The number of rotatable bonds is 4. The van der Waals surface area contributed by atoms with Crippen molar-refractivity contribution in [2.75, 3.05) is 0 Å². The van der Waals surface area contributed by atoms with E-state index in [0.717, 1.165) is 5.56 Å². The molecular formula is C13H10F2N2O3S. The number of benzene rings is 1. The fourth-order valence-electron chi connectivity index (χ4n) is 1.76. The van der Waals surface area contributed by atoms with Gasteiger partial charge in [-0.25, -0.2) is 4.39 Å². The lowest BCUT2D eigenvalue weighted by molar-refractivity contribution is -0.387. The number of hydrogen-bond donors (Lipinski definition) is 1. The summed E-state index contributed by atoms with van der Waals surface area (Å²) in [6.07, 6.45) is 0. The van der Waals surface area contributed by atoms with Crippen molar-refractivity contribution in [2.45, 2.75) is 13.0 Å². The Morgan fingerprint density at radius 1 is 1.38 bits per heavy atom. The van der Waals surface area contributed by atoms with E-state index in [-0.39, 0.29) is 0 Å². The second kappa shape index (κ2) is 5.96. The van der Waals surface area contributed by atoms with Crippen LogP contribution in [-0.2, 0) is 0 Å². The van der Waals surface area contributed by atoms with Crippen LogP contribution in [0.2, 0.25) is 0 Å². The fraction of sp³-hybridized carbons (Fsp3) is 0.154. The lowest BCUT2D eigenvalue weighted by atomic mass is 10.1. The molecule has 0 radical (unpaired) electrons. The number of carbonyl (C=O) groups excluding carboxylic acids is 1. The van der Waals surface area contributed by atoms with Crippen LogP contribution in [0.25, 0.3) is 0 Å². The van der Waals surface area contributed by atoms with Crippen molar-refractivity contribution >= 4 is 22.9 Å². The van der Waals surface area contributed by atoms with Gasteiger partial charge in [0, 0.05) is 6.07 Å². The molecule has 0 saturated heterocycles. The number of hydrogen-bond acceptors (Lipinski definition) is 4. The highest BCUT2D eigenvalue weighted by atomic mass is 32.1. The Kier molecular flexibility index (Phi) is 4.27. The predicted octanol–water partition coefficient (Wildman–Crippen LogP) is 3.43. The van der Waals surface area contributed by atoms with Crippen LogP contribution < -0.4 is 5.32 Å². The standard InChI is InChI=1S/C13H10F2N2O3S/c1-7(8-4-5-21-6-8)16-13(18)11-9(14)2-3-10(12(11)15)17(19)20/h2-7H,1H3,(H,16,18). The third-order valence-corrected chi connectivity index (χ3v) is 3.59. The van der Waals surface area contributed by atoms with E-state index in [1.165, 1.54) is 11.3 Å². The van der Waals surface area contributed by atoms with Gasteiger partial charge in [0.25, 0.3) is 5.91 Å². The average molecular weight is 312 g/mol. The first-order valence-corrected chi connectivity index (χ1v) is 6.81. The number of nitrogens with one attached hydrogen (secondary N) is 1. The zero-order valence-electron chi connectivity index (χ0n) is 10.8. The molecule has 1 aromatic carbocycles. The van der Waals surface area contributed by atoms with Crippen LogP contribution in [0.4, 0.5) is 14.5 Å². The molecule has 0 aliphatic heterocycles. The van der Waals surface area contributed by atoms with E-state index in [0.29, 0.717) is 12.1 Å². The normalized spacial score (nSPS) is 12.0. The molecule has 1 heterocycles. The quantitative estimate of drug-likeness (QED) is 0.694. The van der Waals surface area contributed by atoms with Crippen LogP contribution in [0.5, 0.6) is 0 Å². The number of nitrogens with zero attached hydrogens (tertiary/aromatic N) is 1. The number of thiophene rings is 1. The number of halogens is 2. The Balaban J connectivity index is 2.31. The van der Waals surface area contributed by atoms with E-state index in [1.54, 1.807) is 23.8 Å². The molecule has 1 amide bonds. The molecule has 2 rings (SSSR count). The summed E-state index contributed by atoms with van der Waals surface area (Å²) >= 11 is 1.41. The molecule has 110 valence electrons. The Hall–Kier alpha value is -2.35. The molecule has 0 aliphatic rings. The molecule has 0 saturated carbocycles. The number of carbonyl (C=O) groups is 1. The molecule has 8 heteroatoms. The third kappa shape index (κ3) is 3.05. The van der Waals surface area contributed by atoms with Gasteiger partial charge in [-0.3, -0.25) is 14.9 Å². The van der Waals surface area contributed by atoms with E-state index in [9.17, 15) is 23.7 Å². The van der Waals surface area contributed by atoms with E-state index in [4.69, 9.17) is 0 Å². The fourth-order valence-corrected chi connectivity index (χ4v) is 2.52. The second-order valence-corrected chi connectivity index (χ2v) is 5.04. The van der Waals surface area contributed by atoms with Gasteiger partial charge in [-0.1, -0.05) is 0 Å². The zero-order chi connectivity index (χ0) is 15.6. The van der Waals surface area contributed by atoms with Gasteiger partial charge in [0.15, 0.2) is 0 Å².